The smallest absolute Gasteiger partial charge is 0.255 e. The van der Waals surface area contributed by atoms with Crippen molar-refractivity contribution in [3.63, 3.8) is 0 Å². The molecule has 0 bridgehead atoms. The minimum Gasteiger partial charge on any atom is -0.496 e. The lowest BCUT2D eigenvalue weighted by molar-refractivity contribution is 0.102. The van der Waals surface area contributed by atoms with Gasteiger partial charge >= 0.3 is 0 Å². The van der Waals surface area contributed by atoms with E-state index < -0.39 is 10.0 Å². The molecule has 3 rings (SSSR count). The second-order valence-corrected chi connectivity index (χ2v) is 8.80. The van der Waals surface area contributed by atoms with Crippen LogP contribution in [0.15, 0.2) is 77.7 Å². The van der Waals surface area contributed by atoms with Gasteiger partial charge in [-0.15, -0.1) is 0 Å². The van der Waals surface area contributed by atoms with Crippen LogP contribution < -0.4 is 14.8 Å². The lowest BCUT2D eigenvalue weighted by Crippen LogP contribution is -2.27. The number of rotatable bonds is 8. The monoisotopic (exact) mass is 440 g/mol. The van der Waals surface area contributed by atoms with Crippen molar-refractivity contribution in [1.82, 2.24) is 4.31 Å². The number of para-hydroxylation sites is 2. The summed E-state index contributed by atoms with van der Waals surface area (Å²) in [4.78, 5) is 13.0. The van der Waals surface area contributed by atoms with E-state index in [4.69, 9.17) is 9.47 Å². The van der Waals surface area contributed by atoms with Crippen LogP contribution in [-0.2, 0) is 16.6 Å². The average Bonchev–Trinajstić information content (AvgIpc) is 2.79. The quantitative estimate of drug-likeness (QED) is 0.576. The second kappa shape index (κ2) is 9.63. The molecule has 8 heteroatoms. The lowest BCUT2D eigenvalue weighted by Gasteiger charge is -2.19. The van der Waals surface area contributed by atoms with Gasteiger partial charge in [0.25, 0.3) is 5.91 Å². The third kappa shape index (κ3) is 5.04. The predicted molar refractivity (Wildman–Crippen MR) is 119 cm³/mol. The van der Waals surface area contributed by atoms with Gasteiger partial charge in [-0.2, -0.15) is 4.31 Å². The normalized spacial score (nSPS) is 11.2. The molecule has 7 nitrogen and oxygen atoms in total. The van der Waals surface area contributed by atoms with Crippen LogP contribution in [0.2, 0.25) is 0 Å². The van der Waals surface area contributed by atoms with Crippen molar-refractivity contribution < 1.29 is 22.7 Å². The molecule has 0 aliphatic rings. The summed E-state index contributed by atoms with van der Waals surface area (Å²) < 4.78 is 37.6. The van der Waals surface area contributed by atoms with Gasteiger partial charge in [0.15, 0.2) is 0 Å². The van der Waals surface area contributed by atoms with Gasteiger partial charge in [0, 0.05) is 24.7 Å². The number of ether oxygens (including phenoxy) is 2. The van der Waals surface area contributed by atoms with E-state index in [-0.39, 0.29) is 17.3 Å². The number of sulfonamides is 1. The average molecular weight is 441 g/mol. The number of benzene rings is 3. The molecule has 0 unspecified atom stereocenters. The molecule has 0 aliphatic carbocycles. The zero-order valence-corrected chi connectivity index (χ0v) is 18.3. The van der Waals surface area contributed by atoms with Crippen LogP contribution in [0.1, 0.15) is 15.9 Å². The maximum absolute atomic E-state index is 12.9. The Morgan fingerprint density at radius 1 is 0.903 bits per heavy atom. The SMILES string of the molecule is COc1ccc(C(=O)Nc2ccccc2OC)cc1CN(C)S(=O)(=O)c1ccccc1. The minimum absolute atomic E-state index is 0.0379. The summed E-state index contributed by atoms with van der Waals surface area (Å²) in [5.41, 5.74) is 1.47. The summed E-state index contributed by atoms with van der Waals surface area (Å²) in [5.74, 6) is 0.684. The molecule has 0 saturated heterocycles. The van der Waals surface area contributed by atoms with Crippen LogP contribution in [0, 0.1) is 0 Å². The highest BCUT2D eigenvalue weighted by Gasteiger charge is 2.22. The molecular formula is C23H24N2O5S. The first-order valence-electron chi connectivity index (χ1n) is 9.49. The van der Waals surface area contributed by atoms with Gasteiger partial charge in [0.1, 0.15) is 11.5 Å². The summed E-state index contributed by atoms with van der Waals surface area (Å²) in [6.07, 6.45) is 0. The molecule has 0 spiro atoms. The summed E-state index contributed by atoms with van der Waals surface area (Å²) in [5, 5.41) is 2.82. The largest absolute Gasteiger partial charge is 0.496 e. The molecule has 3 aromatic carbocycles. The Bertz CT molecular complexity index is 1160. The van der Waals surface area contributed by atoms with E-state index in [1.165, 1.54) is 25.6 Å². The highest BCUT2D eigenvalue weighted by atomic mass is 32.2. The van der Waals surface area contributed by atoms with Crippen molar-refractivity contribution in [3.05, 3.63) is 83.9 Å². The number of hydrogen-bond acceptors (Lipinski definition) is 5. The molecule has 0 aliphatic heterocycles. The molecule has 0 saturated carbocycles. The van der Waals surface area contributed by atoms with Gasteiger partial charge in [0.2, 0.25) is 10.0 Å². The first-order chi connectivity index (χ1) is 14.9. The Kier molecular flexibility index (Phi) is 6.94. The van der Waals surface area contributed by atoms with Crippen LogP contribution in [0.4, 0.5) is 5.69 Å². The molecule has 1 N–H and O–H groups in total. The number of nitrogens with zero attached hydrogens (tertiary/aromatic N) is 1. The van der Waals surface area contributed by atoms with Gasteiger partial charge in [-0.1, -0.05) is 30.3 Å². The molecule has 162 valence electrons. The number of carbonyl (C=O) groups excluding carboxylic acids is 1. The van der Waals surface area contributed by atoms with Crippen molar-refractivity contribution in [1.29, 1.82) is 0 Å². The van der Waals surface area contributed by atoms with Crippen molar-refractivity contribution in [2.45, 2.75) is 11.4 Å². The molecular weight excluding hydrogens is 416 g/mol. The predicted octanol–water partition coefficient (Wildman–Crippen LogP) is 3.78. The van der Waals surface area contributed by atoms with Crippen molar-refractivity contribution in [2.75, 3.05) is 26.6 Å². The topological polar surface area (TPSA) is 84.9 Å². The molecule has 3 aromatic rings. The number of hydrogen-bond donors (Lipinski definition) is 1. The fourth-order valence-corrected chi connectivity index (χ4v) is 4.25. The Morgan fingerprint density at radius 3 is 2.23 bits per heavy atom. The summed E-state index contributed by atoms with van der Waals surface area (Å²) in [7, 11) is 0.824. The third-order valence-electron chi connectivity index (χ3n) is 4.74. The van der Waals surface area contributed by atoms with Crippen molar-refractivity contribution in [2.24, 2.45) is 0 Å². The van der Waals surface area contributed by atoms with E-state index in [2.05, 4.69) is 5.32 Å². The Morgan fingerprint density at radius 2 is 1.55 bits per heavy atom. The Hall–Kier alpha value is -3.36. The van der Waals surface area contributed by atoms with E-state index >= 15 is 0 Å². The van der Waals surface area contributed by atoms with Gasteiger partial charge in [-0.3, -0.25) is 4.79 Å². The molecule has 0 heterocycles. The van der Waals surface area contributed by atoms with Crippen LogP contribution >= 0.6 is 0 Å². The fourth-order valence-electron chi connectivity index (χ4n) is 3.08. The first-order valence-corrected chi connectivity index (χ1v) is 10.9. The zero-order chi connectivity index (χ0) is 22.4. The number of nitrogens with one attached hydrogen (secondary N) is 1. The summed E-state index contributed by atoms with van der Waals surface area (Å²) in [6.45, 7) is 0.0379. The second-order valence-electron chi connectivity index (χ2n) is 6.76. The van der Waals surface area contributed by atoms with Crippen LogP contribution in [0.25, 0.3) is 0 Å². The summed E-state index contributed by atoms with van der Waals surface area (Å²) in [6, 6.07) is 20.2. The van der Waals surface area contributed by atoms with Crippen LogP contribution in [0.3, 0.4) is 0 Å². The van der Waals surface area contributed by atoms with Crippen LogP contribution in [-0.4, -0.2) is 39.9 Å². The van der Waals surface area contributed by atoms with E-state index in [1.54, 1.807) is 66.7 Å². The molecule has 0 atom stereocenters. The maximum atomic E-state index is 12.9. The molecule has 1 amide bonds. The Balaban J connectivity index is 1.86. The molecule has 0 radical (unpaired) electrons. The zero-order valence-electron chi connectivity index (χ0n) is 17.5. The highest BCUT2D eigenvalue weighted by Crippen LogP contribution is 2.27. The van der Waals surface area contributed by atoms with E-state index in [1.807, 2.05) is 6.07 Å². The first kappa shape index (κ1) is 22.3. The van der Waals surface area contributed by atoms with Crippen LogP contribution in [0.5, 0.6) is 11.5 Å². The highest BCUT2D eigenvalue weighted by molar-refractivity contribution is 7.89. The number of amides is 1. The Labute approximate surface area is 182 Å². The fraction of sp³-hybridized carbons (Fsp3) is 0.174. The number of anilines is 1. The number of methoxy groups -OCH3 is 2. The molecule has 0 fully saturated rings. The van der Waals surface area contributed by atoms with E-state index in [0.29, 0.717) is 28.3 Å². The van der Waals surface area contributed by atoms with Crippen molar-refractivity contribution in [3.8, 4) is 11.5 Å². The van der Waals surface area contributed by atoms with Crippen molar-refractivity contribution >= 4 is 21.6 Å². The van der Waals surface area contributed by atoms with E-state index in [9.17, 15) is 13.2 Å². The summed E-state index contributed by atoms with van der Waals surface area (Å²) >= 11 is 0. The van der Waals surface area contributed by atoms with E-state index in [0.717, 1.165) is 0 Å². The van der Waals surface area contributed by atoms with Gasteiger partial charge in [-0.25, -0.2) is 8.42 Å². The maximum Gasteiger partial charge on any atom is 0.255 e. The molecule has 0 aromatic heterocycles. The number of carbonyl (C=O) groups is 1. The van der Waals surface area contributed by atoms with Gasteiger partial charge in [-0.05, 0) is 42.5 Å². The third-order valence-corrected chi connectivity index (χ3v) is 6.56. The van der Waals surface area contributed by atoms with Gasteiger partial charge < -0.3 is 14.8 Å². The minimum atomic E-state index is -3.69. The lowest BCUT2D eigenvalue weighted by atomic mass is 10.1. The standard InChI is InChI=1S/C23H24N2O5S/c1-25(31(27,28)19-9-5-4-6-10-19)16-18-15-17(13-14-21(18)29-2)23(26)24-20-11-7-8-12-22(20)30-3/h4-15H,16H2,1-3H3,(H,24,26). The van der Waals surface area contributed by atoms with Gasteiger partial charge in [0.05, 0.1) is 24.8 Å². The molecule has 31 heavy (non-hydrogen) atoms.